The van der Waals surface area contributed by atoms with E-state index in [-0.39, 0.29) is 29.1 Å². The zero-order valence-electron chi connectivity index (χ0n) is 20.0. The number of nitrogens with two attached hydrogens (primary N) is 1. The fraction of sp³-hybridized carbons (Fsp3) is 0.214. The fourth-order valence-corrected chi connectivity index (χ4v) is 5.48. The van der Waals surface area contributed by atoms with E-state index in [0.29, 0.717) is 59.0 Å². The summed E-state index contributed by atoms with van der Waals surface area (Å²) < 4.78 is 15.2. The Balaban J connectivity index is 1.51. The molecule has 1 aromatic heterocycles. The van der Waals surface area contributed by atoms with Crippen molar-refractivity contribution in [3.8, 4) is 5.69 Å². The molecule has 0 spiro atoms. The minimum atomic E-state index is -0.333. The number of carbonyl (C=O) groups excluding carboxylic acids is 2. The summed E-state index contributed by atoms with van der Waals surface area (Å²) in [6.45, 7) is 0.893. The van der Waals surface area contributed by atoms with Gasteiger partial charge in [0.1, 0.15) is 5.82 Å². The summed E-state index contributed by atoms with van der Waals surface area (Å²) in [5.41, 5.74) is 7.43. The second kappa shape index (κ2) is 10.6. The highest BCUT2D eigenvalue weighted by molar-refractivity contribution is 7.98. The summed E-state index contributed by atoms with van der Waals surface area (Å²) in [5, 5.41) is 0.836. The number of para-hydroxylation sites is 1. The Labute approximate surface area is 217 Å². The number of halogens is 1. The maximum Gasteiger partial charge on any atom is 0.266 e. The minimum absolute atomic E-state index is 0.173. The minimum Gasteiger partial charge on any atom is -0.369 e. The predicted molar refractivity (Wildman–Crippen MR) is 141 cm³/mol. The van der Waals surface area contributed by atoms with Gasteiger partial charge in [-0.15, -0.1) is 0 Å². The number of thioether (sulfide) groups is 1. The first-order valence-corrected chi connectivity index (χ1v) is 13.0. The Kier molecular flexibility index (Phi) is 7.05. The van der Waals surface area contributed by atoms with Crippen molar-refractivity contribution >= 4 is 34.5 Å². The van der Waals surface area contributed by atoms with Crippen LogP contribution in [-0.4, -0.2) is 39.4 Å². The molecule has 0 saturated carbocycles. The molecule has 4 aromatic rings. The SMILES string of the molecule is NC(=O)C1CCN(C(=O)c2ccc3c(=O)n(-c4ccccc4)c(SCc4cccc(F)c4)nc3c2)CC1. The Morgan fingerprint density at radius 1 is 1.00 bits per heavy atom. The second-order valence-corrected chi connectivity index (χ2v) is 9.93. The van der Waals surface area contributed by atoms with E-state index in [1.165, 1.54) is 23.9 Å². The Bertz CT molecular complexity index is 1530. The molecule has 188 valence electrons. The highest BCUT2D eigenvalue weighted by Gasteiger charge is 2.27. The molecule has 7 nitrogen and oxygen atoms in total. The third kappa shape index (κ3) is 5.27. The third-order valence-electron chi connectivity index (χ3n) is 6.54. The molecule has 2 N–H and O–H groups in total. The van der Waals surface area contributed by atoms with Gasteiger partial charge in [-0.3, -0.25) is 19.0 Å². The van der Waals surface area contributed by atoms with Gasteiger partial charge in [-0.1, -0.05) is 42.1 Å². The van der Waals surface area contributed by atoms with Crippen LogP contribution < -0.4 is 11.3 Å². The van der Waals surface area contributed by atoms with Gasteiger partial charge >= 0.3 is 0 Å². The van der Waals surface area contributed by atoms with Crippen LogP contribution in [-0.2, 0) is 10.5 Å². The van der Waals surface area contributed by atoms with Crippen LogP contribution in [0.4, 0.5) is 4.39 Å². The maximum absolute atomic E-state index is 13.7. The average Bonchev–Trinajstić information content (AvgIpc) is 2.92. The topological polar surface area (TPSA) is 98.3 Å². The van der Waals surface area contributed by atoms with Gasteiger partial charge in [0, 0.05) is 30.3 Å². The van der Waals surface area contributed by atoms with E-state index in [1.54, 1.807) is 33.7 Å². The van der Waals surface area contributed by atoms with E-state index in [0.717, 1.165) is 5.56 Å². The van der Waals surface area contributed by atoms with Crippen molar-refractivity contribution < 1.29 is 14.0 Å². The number of piperidine rings is 1. The number of amides is 2. The molecule has 1 saturated heterocycles. The van der Waals surface area contributed by atoms with E-state index in [2.05, 4.69) is 0 Å². The fourth-order valence-electron chi connectivity index (χ4n) is 4.52. The summed E-state index contributed by atoms with van der Waals surface area (Å²) in [4.78, 5) is 44.7. The van der Waals surface area contributed by atoms with E-state index in [1.807, 2.05) is 36.4 Å². The van der Waals surface area contributed by atoms with Gasteiger partial charge in [-0.05, 0) is 60.9 Å². The molecule has 0 atom stereocenters. The number of hydrogen-bond donors (Lipinski definition) is 1. The average molecular weight is 517 g/mol. The van der Waals surface area contributed by atoms with Crippen molar-refractivity contribution in [2.45, 2.75) is 23.8 Å². The molecule has 0 radical (unpaired) electrons. The van der Waals surface area contributed by atoms with Crippen molar-refractivity contribution in [2.75, 3.05) is 13.1 Å². The zero-order valence-corrected chi connectivity index (χ0v) is 20.8. The van der Waals surface area contributed by atoms with Gasteiger partial charge in [-0.2, -0.15) is 0 Å². The normalized spacial score (nSPS) is 14.1. The number of rotatable bonds is 6. The molecule has 5 rings (SSSR count). The first-order chi connectivity index (χ1) is 17.9. The monoisotopic (exact) mass is 516 g/mol. The zero-order chi connectivity index (χ0) is 25.9. The van der Waals surface area contributed by atoms with E-state index < -0.39 is 0 Å². The van der Waals surface area contributed by atoms with Gasteiger partial charge in [0.05, 0.1) is 16.6 Å². The van der Waals surface area contributed by atoms with Gasteiger partial charge in [0.2, 0.25) is 5.91 Å². The lowest BCUT2D eigenvalue weighted by Crippen LogP contribution is -2.41. The number of benzene rings is 3. The molecule has 0 aliphatic carbocycles. The molecule has 2 amide bonds. The molecule has 1 aliphatic heterocycles. The van der Waals surface area contributed by atoms with E-state index >= 15 is 0 Å². The van der Waals surface area contributed by atoms with Crippen molar-refractivity contribution in [3.05, 3.63) is 100 Å². The second-order valence-electron chi connectivity index (χ2n) is 8.99. The van der Waals surface area contributed by atoms with Crippen LogP contribution in [0.1, 0.15) is 28.8 Å². The first kappa shape index (κ1) is 24.7. The Morgan fingerprint density at radius 2 is 1.76 bits per heavy atom. The van der Waals surface area contributed by atoms with E-state index in [4.69, 9.17) is 10.7 Å². The molecule has 1 aliphatic rings. The summed E-state index contributed by atoms with van der Waals surface area (Å²) in [5.74, 6) is -0.632. The first-order valence-electron chi connectivity index (χ1n) is 12.0. The van der Waals surface area contributed by atoms with Crippen LogP contribution in [0.25, 0.3) is 16.6 Å². The lowest BCUT2D eigenvalue weighted by atomic mass is 9.96. The molecular weight excluding hydrogens is 491 g/mol. The molecule has 3 aromatic carbocycles. The number of fused-ring (bicyclic) bond motifs is 1. The van der Waals surface area contributed by atoms with Crippen LogP contribution in [0, 0.1) is 11.7 Å². The lowest BCUT2D eigenvalue weighted by Gasteiger charge is -2.30. The Morgan fingerprint density at radius 3 is 2.46 bits per heavy atom. The molecule has 0 bridgehead atoms. The molecule has 1 fully saturated rings. The number of nitrogens with zero attached hydrogens (tertiary/aromatic N) is 3. The molecular formula is C28H25FN4O3S. The molecule has 0 unspecified atom stereocenters. The smallest absolute Gasteiger partial charge is 0.266 e. The summed E-state index contributed by atoms with van der Waals surface area (Å²) in [6.07, 6.45) is 1.07. The number of likely N-dealkylation sites (tertiary alicyclic amines) is 1. The van der Waals surface area contributed by atoms with Crippen LogP contribution >= 0.6 is 11.8 Å². The van der Waals surface area contributed by atoms with Crippen LogP contribution in [0.15, 0.2) is 82.7 Å². The predicted octanol–water partition coefficient (Wildman–Crippen LogP) is 4.15. The standard InChI is InChI=1S/C28H25FN4O3S/c29-21-6-4-5-18(15-21)17-37-28-31-24-16-20(26(35)32-13-11-19(12-14-32)25(30)34)9-10-23(24)27(36)33(28)22-7-2-1-3-8-22/h1-10,15-16,19H,11-14,17H2,(H2,30,34). The maximum atomic E-state index is 13.7. The number of carbonyl (C=O) groups is 2. The molecule has 37 heavy (non-hydrogen) atoms. The van der Waals surface area contributed by atoms with E-state index in [9.17, 15) is 18.8 Å². The number of aromatic nitrogens is 2. The van der Waals surface area contributed by atoms with Gasteiger partial charge < -0.3 is 10.6 Å². The van der Waals surface area contributed by atoms with Gasteiger partial charge in [0.25, 0.3) is 11.5 Å². The largest absolute Gasteiger partial charge is 0.369 e. The van der Waals surface area contributed by atoms with Gasteiger partial charge in [0.15, 0.2) is 5.16 Å². The summed E-state index contributed by atoms with van der Waals surface area (Å²) >= 11 is 1.32. The van der Waals surface area contributed by atoms with Crippen molar-refractivity contribution in [1.82, 2.24) is 14.5 Å². The van der Waals surface area contributed by atoms with Gasteiger partial charge in [-0.25, -0.2) is 9.37 Å². The third-order valence-corrected chi connectivity index (χ3v) is 7.55. The number of hydrogen-bond acceptors (Lipinski definition) is 5. The molecule has 9 heteroatoms. The van der Waals surface area contributed by atoms with Crippen molar-refractivity contribution in [2.24, 2.45) is 11.7 Å². The van der Waals surface area contributed by atoms with Crippen LogP contribution in [0.2, 0.25) is 0 Å². The summed E-state index contributed by atoms with van der Waals surface area (Å²) in [6, 6.07) is 20.4. The Hall–Kier alpha value is -3.98. The van der Waals surface area contributed by atoms with Crippen molar-refractivity contribution in [3.63, 3.8) is 0 Å². The highest BCUT2D eigenvalue weighted by atomic mass is 32.2. The number of primary amides is 1. The summed E-state index contributed by atoms with van der Waals surface area (Å²) in [7, 11) is 0. The quantitative estimate of drug-likeness (QED) is 0.307. The highest BCUT2D eigenvalue weighted by Crippen LogP contribution is 2.26. The van der Waals surface area contributed by atoms with Crippen LogP contribution in [0.5, 0.6) is 0 Å². The lowest BCUT2D eigenvalue weighted by molar-refractivity contribution is -0.123. The van der Waals surface area contributed by atoms with Crippen LogP contribution in [0.3, 0.4) is 0 Å². The molecule has 2 heterocycles. The van der Waals surface area contributed by atoms with Crippen molar-refractivity contribution in [1.29, 1.82) is 0 Å².